The molecule has 2 heterocycles. The maximum Gasteiger partial charge on any atom is 0.416 e. The van der Waals surface area contributed by atoms with Gasteiger partial charge >= 0.3 is 12.2 Å². The molecule has 3 rings (SSSR count). The van der Waals surface area contributed by atoms with E-state index >= 15 is 0 Å². The minimum Gasteiger partial charge on any atom is -0.342 e. The molecular formula is C20H26F3N3O2. The summed E-state index contributed by atoms with van der Waals surface area (Å²) in [6.45, 7) is 4.60. The maximum absolute atomic E-state index is 12.8. The van der Waals surface area contributed by atoms with Crippen LogP contribution in [0.15, 0.2) is 24.3 Å². The Morgan fingerprint density at radius 2 is 1.79 bits per heavy atom. The zero-order valence-corrected chi connectivity index (χ0v) is 16.0. The summed E-state index contributed by atoms with van der Waals surface area (Å²) in [5.41, 5.74) is -0.689. The number of amides is 3. The molecule has 3 amide bonds. The molecule has 0 spiro atoms. The van der Waals surface area contributed by atoms with Gasteiger partial charge in [0.2, 0.25) is 5.91 Å². The van der Waals surface area contributed by atoms with E-state index in [1.54, 1.807) is 4.90 Å². The molecule has 1 aromatic carbocycles. The highest BCUT2D eigenvalue weighted by Gasteiger charge is 2.33. The topological polar surface area (TPSA) is 52.7 Å². The van der Waals surface area contributed by atoms with Crippen LogP contribution in [0.2, 0.25) is 0 Å². The van der Waals surface area contributed by atoms with Crippen molar-refractivity contribution in [1.29, 1.82) is 0 Å². The largest absolute Gasteiger partial charge is 0.416 e. The second-order valence-corrected chi connectivity index (χ2v) is 7.80. The van der Waals surface area contributed by atoms with Gasteiger partial charge in [0, 0.05) is 37.8 Å². The number of nitrogens with zero attached hydrogens (tertiary/aromatic N) is 2. The molecule has 1 unspecified atom stereocenters. The molecule has 0 saturated carbocycles. The summed E-state index contributed by atoms with van der Waals surface area (Å²) in [7, 11) is 0. The van der Waals surface area contributed by atoms with E-state index in [4.69, 9.17) is 0 Å². The van der Waals surface area contributed by atoms with Gasteiger partial charge in [-0.25, -0.2) is 4.79 Å². The first-order chi connectivity index (χ1) is 13.2. The summed E-state index contributed by atoms with van der Waals surface area (Å²) in [5, 5.41) is 2.53. The lowest BCUT2D eigenvalue weighted by Gasteiger charge is -2.37. The van der Waals surface area contributed by atoms with E-state index in [9.17, 15) is 22.8 Å². The second kappa shape index (κ2) is 8.41. The number of rotatable bonds is 2. The Morgan fingerprint density at radius 1 is 1.07 bits per heavy atom. The van der Waals surface area contributed by atoms with E-state index in [0.717, 1.165) is 38.1 Å². The molecule has 0 aliphatic carbocycles. The zero-order chi connectivity index (χ0) is 20.3. The van der Waals surface area contributed by atoms with Crippen LogP contribution >= 0.6 is 0 Å². The van der Waals surface area contributed by atoms with Gasteiger partial charge in [-0.15, -0.1) is 0 Å². The van der Waals surface area contributed by atoms with Gasteiger partial charge in [-0.1, -0.05) is 13.0 Å². The number of alkyl halides is 3. The molecule has 28 heavy (non-hydrogen) atoms. The molecule has 0 bridgehead atoms. The number of anilines is 1. The number of carbonyl (C=O) groups excluding carboxylic acids is 2. The van der Waals surface area contributed by atoms with Crippen molar-refractivity contribution in [1.82, 2.24) is 9.80 Å². The molecule has 1 atom stereocenters. The van der Waals surface area contributed by atoms with Gasteiger partial charge in [0.15, 0.2) is 0 Å². The van der Waals surface area contributed by atoms with Crippen LogP contribution in [-0.2, 0) is 11.0 Å². The van der Waals surface area contributed by atoms with Gasteiger partial charge in [-0.3, -0.25) is 4.79 Å². The van der Waals surface area contributed by atoms with Gasteiger partial charge in [-0.05, 0) is 49.8 Å². The molecule has 2 fully saturated rings. The Balaban J connectivity index is 1.52. The van der Waals surface area contributed by atoms with Crippen LogP contribution in [-0.4, -0.2) is 47.9 Å². The third-order valence-corrected chi connectivity index (χ3v) is 5.54. The first-order valence-corrected chi connectivity index (χ1v) is 9.76. The SMILES string of the molecule is CC1CCCN(C(=O)C2CCN(C(=O)Nc3cccc(C(F)(F)F)c3)CC2)C1. The molecule has 2 aliphatic heterocycles. The number of likely N-dealkylation sites (tertiary alicyclic amines) is 2. The smallest absolute Gasteiger partial charge is 0.342 e. The minimum atomic E-state index is -4.45. The molecule has 0 radical (unpaired) electrons. The van der Waals surface area contributed by atoms with Crippen LogP contribution in [0.5, 0.6) is 0 Å². The van der Waals surface area contributed by atoms with E-state index in [0.29, 0.717) is 31.8 Å². The first kappa shape index (κ1) is 20.5. The van der Waals surface area contributed by atoms with Gasteiger partial charge < -0.3 is 15.1 Å². The number of hydrogen-bond acceptors (Lipinski definition) is 2. The summed E-state index contributed by atoms with van der Waals surface area (Å²) >= 11 is 0. The Labute approximate surface area is 162 Å². The molecular weight excluding hydrogens is 371 g/mol. The minimum absolute atomic E-state index is 0.0806. The quantitative estimate of drug-likeness (QED) is 0.813. The maximum atomic E-state index is 12.8. The number of piperidine rings is 2. The van der Waals surface area contributed by atoms with E-state index in [2.05, 4.69) is 12.2 Å². The van der Waals surface area contributed by atoms with Crippen molar-refractivity contribution in [3.63, 3.8) is 0 Å². The molecule has 0 aromatic heterocycles. The third kappa shape index (κ3) is 4.97. The van der Waals surface area contributed by atoms with Gasteiger partial charge in [0.1, 0.15) is 0 Å². The molecule has 1 aromatic rings. The zero-order valence-electron chi connectivity index (χ0n) is 16.0. The normalized spacial score (nSPS) is 21.5. The van der Waals surface area contributed by atoms with Crippen molar-refractivity contribution >= 4 is 17.6 Å². The van der Waals surface area contributed by atoms with Crippen molar-refractivity contribution < 1.29 is 22.8 Å². The Hall–Kier alpha value is -2.25. The van der Waals surface area contributed by atoms with Crippen molar-refractivity contribution in [2.24, 2.45) is 11.8 Å². The Bertz CT molecular complexity index is 715. The monoisotopic (exact) mass is 397 g/mol. The Kier molecular flexibility index (Phi) is 6.15. The number of carbonyl (C=O) groups is 2. The van der Waals surface area contributed by atoms with Crippen LogP contribution in [0.4, 0.5) is 23.7 Å². The summed E-state index contributed by atoms with van der Waals surface area (Å²) in [4.78, 5) is 28.6. The summed E-state index contributed by atoms with van der Waals surface area (Å²) < 4.78 is 38.4. The Morgan fingerprint density at radius 3 is 2.43 bits per heavy atom. The highest BCUT2D eigenvalue weighted by molar-refractivity contribution is 5.89. The van der Waals surface area contributed by atoms with Crippen LogP contribution in [0, 0.1) is 11.8 Å². The molecule has 8 heteroatoms. The van der Waals surface area contributed by atoms with Crippen molar-refractivity contribution in [2.75, 3.05) is 31.5 Å². The van der Waals surface area contributed by atoms with E-state index in [-0.39, 0.29) is 17.5 Å². The fraction of sp³-hybridized carbons (Fsp3) is 0.600. The lowest BCUT2D eigenvalue weighted by Crippen LogP contribution is -2.47. The van der Waals surface area contributed by atoms with Crippen LogP contribution in [0.25, 0.3) is 0 Å². The molecule has 154 valence electrons. The fourth-order valence-electron chi connectivity index (χ4n) is 3.95. The number of hydrogen-bond donors (Lipinski definition) is 1. The second-order valence-electron chi connectivity index (χ2n) is 7.80. The number of benzene rings is 1. The third-order valence-electron chi connectivity index (χ3n) is 5.54. The van der Waals surface area contributed by atoms with Gasteiger partial charge in [0.25, 0.3) is 0 Å². The van der Waals surface area contributed by atoms with Crippen molar-refractivity contribution in [3.05, 3.63) is 29.8 Å². The lowest BCUT2D eigenvalue weighted by atomic mass is 9.93. The standard InChI is InChI=1S/C20H26F3N3O2/c1-14-4-3-9-26(13-14)18(27)15-7-10-25(11-8-15)19(28)24-17-6-2-5-16(12-17)20(21,22)23/h2,5-6,12,14-15H,3-4,7-11,13H2,1H3,(H,24,28). The van der Waals surface area contributed by atoms with E-state index < -0.39 is 17.8 Å². The van der Waals surface area contributed by atoms with E-state index in [1.807, 2.05) is 4.90 Å². The number of nitrogens with one attached hydrogen (secondary N) is 1. The number of halogens is 3. The number of urea groups is 1. The van der Waals surface area contributed by atoms with Gasteiger partial charge in [-0.2, -0.15) is 13.2 Å². The van der Waals surface area contributed by atoms with Crippen LogP contribution in [0.1, 0.15) is 38.2 Å². The van der Waals surface area contributed by atoms with Crippen molar-refractivity contribution in [2.45, 2.75) is 38.8 Å². The summed E-state index contributed by atoms with van der Waals surface area (Å²) in [5.74, 6) is 0.614. The van der Waals surface area contributed by atoms with Crippen LogP contribution in [0.3, 0.4) is 0 Å². The van der Waals surface area contributed by atoms with Gasteiger partial charge in [0.05, 0.1) is 5.56 Å². The predicted molar refractivity (Wildman–Crippen MR) is 99.7 cm³/mol. The molecule has 2 aliphatic rings. The summed E-state index contributed by atoms with van der Waals surface area (Å²) in [6.07, 6.45) is -1.10. The average Bonchev–Trinajstić information content (AvgIpc) is 2.67. The fourth-order valence-corrected chi connectivity index (χ4v) is 3.95. The lowest BCUT2D eigenvalue weighted by molar-refractivity contribution is -0.139. The summed E-state index contributed by atoms with van der Waals surface area (Å²) in [6, 6.07) is 4.15. The molecule has 1 N–H and O–H groups in total. The molecule has 2 saturated heterocycles. The molecule has 5 nitrogen and oxygen atoms in total. The average molecular weight is 397 g/mol. The van der Waals surface area contributed by atoms with Crippen molar-refractivity contribution in [3.8, 4) is 0 Å². The highest BCUT2D eigenvalue weighted by Crippen LogP contribution is 2.31. The highest BCUT2D eigenvalue weighted by atomic mass is 19.4. The van der Waals surface area contributed by atoms with E-state index in [1.165, 1.54) is 12.1 Å². The van der Waals surface area contributed by atoms with Crippen LogP contribution < -0.4 is 5.32 Å². The first-order valence-electron chi connectivity index (χ1n) is 9.76. The predicted octanol–water partition coefficient (Wildman–Crippen LogP) is 4.21.